The molecule has 1 aromatic rings. The molecule has 0 radical (unpaired) electrons. The zero-order valence-electron chi connectivity index (χ0n) is 11.7. The Balaban J connectivity index is 2.27. The number of benzene rings is 1. The number of hydrogen-bond acceptors (Lipinski definition) is 1. The van der Waals surface area contributed by atoms with Crippen molar-refractivity contribution in [3.05, 3.63) is 77.0 Å². The fourth-order valence-electron chi connectivity index (χ4n) is 2.20. The summed E-state index contributed by atoms with van der Waals surface area (Å²) < 4.78 is 0. The van der Waals surface area contributed by atoms with Crippen molar-refractivity contribution in [3.8, 4) is 0 Å². The standard InChI is InChI=1S/C18H21N/c1-3-14(2)12-18(19)17-11-7-10-16(13-17)15-8-5-4-6-9-15/h3-6,8-9,11-13H,7,10,19H2,1-2H3/b14-3-,18-12-. The van der Waals surface area contributed by atoms with Crippen LogP contribution in [0.25, 0.3) is 5.57 Å². The van der Waals surface area contributed by atoms with Gasteiger partial charge in [-0.3, -0.25) is 0 Å². The van der Waals surface area contributed by atoms with Gasteiger partial charge in [0.25, 0.3) is 0 Å². The molecular weight excluding hydrogens is 230 g/mol. The first-order valence-corrected chi connectivity index (χ1v) is 6.77. The second-order valence-corrected chi connectivity index (χ2v) is 4.87. The van der Waals surface area contributed by atoms with Crippen molar-refractivity contribution >= 4 is 5.57 Å². The lowest BCUT2D eigenvalue weighted by atomic mass is 9.92. The second kappa shape index (κ2) is 6.24. The molecule has 1 heteroatoms. The van der Waals surface area contributed by atoms with Gasteiger partial charge in [-0.25, -0.2) is 0 Å². The summed E-state index contributed by atoms with van der Waals surface area (Å²) in [7, 11) is 0. The van der Waals surface area contributed by atoms with Crippen LogP contribution in [-0.4, -0.2) is 0 Å². The van der Waals surface area contributed by atoms with Crippen molar-refractivity contribution in [2.75, 3.05) is 0 Å². The summed E-state index contributed by atoms with van der Waals surface area (Å²) in [5.74, 6) is 0. The Labute approximate surface area is 115 Å². The summed E-state index contributed by atoms with van der Waals surface area (Å²) in [4.78, 5) is 0. The van der Waals surface area contributed by atoms with Crippen LogP contribution in [0.1, 0.15) is 32.3 Å². The van der Waals surface area contributed by atoms with Gasteiger partial charge in [-0.2, -0.15) is 0 Å². The van der Waals surface area contributed by atoms with Gasteiger partial charge in [-0.15, -0.1) is 0 Å². The van der Waals surface area contributed by atoms with E-state index < -0.39 is 0 Å². The molecule has 0 saturated heterocycles. The molecule has 0 atom stereocenters. The summed E-state index contributed by atoms with van der Waals surface area (Å²) in [5, 5.41) is 0. The van der Waals surface area contributed by atoms with E-state index in [0.717, 1.165) is 24.1 Å². The van der Waals surface area contributed by atoms with Crippen LogP contribution in [-0.2, 0) is 0 Å². The first-order valence-electron chi connectivity index (χ1n) is 6.77. The third kappa shape index (κ3) is 3.47. The Morgan fingerprint density at radius 2 is 1.95 bits per heavy atom. The molecule has 1 aliphatic carbocycles. The molecule has 1 aromatic carbocycles. The molecule has 0 saturated carbocycles. The highest BCUT2D eigenvalue weighted by Gasteiger charge is 2.08. The second-order valence-electron chi connectivity index (χ2n) is 4.87. The minimum absolute atomic E-state index is 0.851. The Morgan fingerprint density at radius 3 is 2.63 bits per heavy atom. The van der Waals surface area contributed by atoms with Gasteiger partial charge in [0, 0.05) is 5.70 Å². The van der Waals surface area contributed by atoms with Crippen molar-refractivity contribution < 1.29 is 0 Å². The van der Waals surface area contributed by atoms with E-state index >= 15 is 0 Å². The summed E-state index contributed by atoms with van der Waals surface area (Å²) >= 11 is 0. The number of allylic oxidation sites excluding steroid dienone is 6. The molecule has 1 aliphatic rings. The van der Waals surface area contributed by atoms with E-state index in [2.05, 4.69) is 49.4 Å². The number of hydrogen-bond donors (Lipinski definition) is 1. The monoisotopic (exact) mass is 251 g/mol. The highest BCUT2D eigenvalue weighted by Crippen LogP contribution is 2.28. The van der Waals surface area contributed by atoms with Crippen LogP contribution >= 0.6 is 0 Å². The van der Waals surface area contributed by atoms with Crippen LogP contribution < -0.4 is 5.73 Å². The van der Waals surface area contributed by atoms with Crippen LogP contribution in [0.15, 0.2) is 71.5 Å². The third-order valence-electron chi connectivity index (χ3n) is 3.42. The van der Waals surface area contributed by atoms with Gasteiger partial charge in [0.2, 0.25) is 0 Å². The largest absolute Gasteiger partial charge is 0.398 e. The fourth-order valence-corrected chi connectivity index (χ4v) is 2.20. The van der Waals surface area contributed by atoms with E-state index in [9.17, 15) is 0 Å². The van der Waals surface area contributed by atoms with Gasteiger partial charge in [0.05, 0.1) is 0 Å². The fraction of sp³-hybridized carbons (Fsp3) is 0.222. The van der Waals surface area contributed by atoms with E-state index in [-0.39, 0.29) is 0 Å². The zero-order valence-corrected chi connectivity index (χ0v) is 11.7. The van der Waals surface area contributed by atoms with E-state index in [1.54, 1.807) is 0 Å². The molecule has 0 bridgehead atoms. The topological polar surface area (TPSA) is 26.0 Å². The van der Waals surface area contributed by atoms with Crippen LogP contribution in [0.3, 0.4) is 0 Å². The van der Waals surface area contributed by atoms with E-state index in [1.807, 2.05) is 19.1 Å². The lowest BCUT2D eigenvalue weighted by molar-refractivity contribution is 1.03. The van der Waals surface area contributed by atoms with Crippen LogP contribution in [0.4, 0.5) is 0 Å². The SMILES string of the molecule is C/C=C(C)\C=C(/N)C1=CCCC(c2ccccc2)=C1. The molecule has 2 rings (SSSR count). The Kier molecular flexibility index (Phi) is 4.40. The van der Waals surface area contributed by atoms with E-state index in [1.165, 1.54) is 16.7 Å². The Hall–Kier alpha value is -2.02. The van der Waals surface area contributed by atoms with E-state index in [4.69, 9.17) is 5.73 Å². The first-order chi connectivity index (χ1) is 9.20. The summed E-state index contributed by atoms with van der Waals surface area (Å²) in [6.07, 6.45) is 10.7. The molecular formula is C18H21N. The molecule has 0 unspecified atom stereocenters. The van der Waals surface area contributed by atoms with Gasteiger partial charge in [0.1, 0.15) is 0 Å². The van der Waals surface area contributed by atoms with Crippen molar-refractivity contribution in [1.29, 1.82) is 0 Å². The maximum Gasteiger partial charge on any atom is 0.0387 e. The maximum atomic E-state index is 6.17. The average Bonchev–Trinajstić information content (AvgIpc) is 2.48. The molecule has 2 N–H and O–H groups in total. The molecule has 0 fully saturated rings. The van der Waals surface area contributed by atoms with Crippen molar-refractivity contribution in [3.63, 3.8) is 0 Å². The summed E-state index contributed by atoms with van der Waals surface area (Å²) in [5.41, 5.74) is 12.0. The van der Waals surface area contributed by atoms with Crippen LogP contribution in [0.2, 0.25) is 0 Å². The third-order valence-corrected chi connectivity index (χ3v) is 3.42. The minimum Gasteiger partial charge on any atom is -0.398 e. The minimum atomic E-state index is 0.851. The van der Waals surface area contributed by atoms with Crippen molar-refractivity contribution in [2.24, 2.45) is 5.73 Å². The van der Waals surface area contributed by atoms with Gasteiger partial charge in [-0.05, 0) is 55.6 Å². The number of rotatable bonds is 3. The van der Waals surface area contributed by atoms with Gasteiger partial charge >= 0.3 is 0 Å². The quantitative estimate of drug-likeness (QED) is 0.781. The van der Waals surface area contributed by atoms with Crippen LogP contribution in [0.5, 0.6) is 0 Å². The van der Waals surface area contributed by atoms with Crippen LogP contribution in [0, 0.1) is 0 Å². The lowest BCUT2D eigenvalue weighted by Crippen LogP contribution is -2.03. The molecule has 1 nitrogen and oxygen atoms in total. The smallest absolute Gasteiger partial charge is 0.0387 e. The average molecular weight is 251 g/mol. The maximum absolute atomic E-state index is 6.17. The predicted molar refractivity (Wildman–Crippen MR) is 83.4 cm³/mol. The molecule has 98 valence electrons. The molecule has 0 aliphatic heterocycles. The molecule has 0 amide bonds. The number of nitrogens with two attached hydrogens (primary N) is 1. The predicted octanol–water partition coefficient (Wildman–Crippen LogP) is 4.60. The van der Waals surface area contributed by atoms with Gasteiger partial charge in [-0.1, -0.05) is 48.1 Å². The van der Waals surface area contributed by atoms with Gasteiger partial charge < -0.3 is 5.73 Å². The highest BCUT2D eigenvalue weighted by atomic mass is 14.6. The summed E-state index contributed by atoms with van der Waals surface area (Å²) in [6, 6.07) is 10.5. The molecule has 19 heavy (non-hydrogen) atoms. The normalized spacial score (nSPS) is 16.9. The van der Waals surface area contributed by atoms with Gasteiger partial charge in [0.15, 0.2) is 0 Å². The molecule has 0 spiro atoms. The van der Waals surface area contributed by atoms with Crippen molar-refractivity contribution in [2.45, 2.75) is 26.7 Å². The zero-order chi connectivity index (χ0) is 13.7. The van der Waals surface area contributed by atoms with E-state index in [0.29, 0.717) is 0 Å². The first kappa shape index (κ1) is 13.4. The van der Waals surface area contributed by atoms with Crippen molar-refractivity contribution in [1.82, 2.24) is 0 Å². The summed E-state index contributed by atoms with van der Waals surface area (Å²) in [6.45, 7) is 4.09. The Morgan fingerprint density at radius 1 is 1.21 bits per heavy atom. The highest BCUT2D eigenvalue weighted by molar-refractivity contribution is 5.71. The molecule has 0 aromatic heterocycles. The Bertz CT molecular complexity index is 557. The molecule has 0 heterocycles. The lowest BCUT2D eigenvalue weighted by Gasteiger charge is -2.14.